The predicted molar refractivity (Wildman–Crippen MR) is 85.4 cm³/mol. The molecule has 2 heterocycles. The smallest absolute Gasteiger partial charge is 0.222 e. The van der Waals surface area contributed by atoms with E-state index in [-0.39, 0.29) is 17.6 Å². The SMILES string of the molecule is Cc1ccnc([C@@H]2CCN(C(=O)CCc3ccc(F)cc3)C2)n1. The van der Waals surface area contributed by atoms with Crippen LogP contribution < -0.4 is 0 Å². The average molecular weight is 313 g/mol. The number of rotatable bonds is 4. The minimum absolute atomic E-state index is 0.143. The summed E-state index contributed by atoms with van der Waals surface area (Å²) in [5.41, 5.74) is 1.94. The number of aromatic nitrogens is 2. The molecule has 1 aliphatic rings. The maximum atomic E-state index is 12.9. The molecule has 0 bridgehead atoms. The molecule has 4 nitrogen and oxygen atoms in total. The van der Waals surface area contributed by atoms with Crippen LogP contribution in [0, 0.1) is 12.7 Å². The van der Waals surface area contributed by atoms with Crippen LogP contribution in [0.3, 0.4) is 0 Å². The van der Waals surface area contributed by atoms with E-state index in [4.69, 9.17) is 0 Å². The van der Waals surface area contributed by atoms with Gasteiger partial charge in [0.25, 0.3) is 0 Å². The van der Waals surface area contributed by atoms with Crippen molar-refractivity contribution in [3.63, 3.8) is 0 Å². The summed E-state index contributed by atoms with van der Waals surface area (Å²) in [5, 5.41) is 0. The molecule has 120 valence electrons. The minimum atomic E-state index is -0.249. The zero-order valence-corrected chi connectivity index (χ0v) is 13.2. The van der Waals surface area contributed by atoms with E-state index in [2.05, 4.69) is 9.97 Å². The lowest BCUT2D eigenvalue weighted by molar-refractivity contribution is -0.130. The number of likely N-dealkylation sites (tertiary alicyclic amines) is 1. The van der Waals surface area contributed by atoms with Gasteiger partial charge in [-0.05, 0) is 43.5 Å². The topological polar surface area (TPSA) is 46.1 Å². The lowest BCUT2D eigenvalue weighted by atomic mass is 10.1. The number of hydrogen-bond donors (Lipinski definition) is 0. The first-order valence-corrected chi connectivity index (χ1v) is 7.93. The lowest BCUT2D eigenvalue weighted by Crippen LogP contribution is -2.28. The molecule has 2 aromatic rings. The zero-order chi connectivity index (χ0) is 16.2. The first-order chi connectivity index (χ1) is 11.1. The molecule has 0 saturated carbocycles. The maximum Gasteiger partial charge on any atom is 0.222 e. The van der Waals surface area contributed by atoms with Crippen molar-refractivity contribution >= 4 is 5.91 Å². The van der Waals surface area contributed by atoms with Crippen LogP contribution in [0.5, 0.6) is 0 Å². The molecule has 0 radical (unpaired) electrons. The predicted octanol–water partition coefficient (Wildman–Crippen LogP) is 2.87. The Morgan fingerprint density at radius 2 is 2.09 bits per heavy atom. The number of hydrogen-bond acceptors (Lipinski definition) is 3. The molecule has 0 aliphatic carbocycles. The van der Waals surface area contributed by atoms with Gasteiger partial charge in [0.05, 0.1) is 0 Å². The molecule has 5 heteroatoms. The van der Waals surface area contributed by atoms with Crippen LogP contribution in [-0.2, 0) is 11.2 Å². The van der Waals surface area contributed by atoms with Gasteiger partial charge in [-0.3, -0.25) is 4.79 Å². The highest BCUT2D eigenvalue weighted by Gasteiger charge is 2.28. The molecule has 23 heavy (non-hydrogen) atoms. The Balaban J connectivity index is 1.54. The highest BCUT2D eigenvalue weighted by atomic mass is 19.1. The molecule has 1 aromatic carbocycles. The number of nitrogens with zero attached hydrogens (tertiary/aromatic N) is 3. The summed E-state index contributed by atoms with van der Waals surface area (Å²) in [5.74, 6) is 0.952. The fraction of sp³-hybridized carbons (Fsp3) is 0.389. The van der Waals surface area contributed by atoms with Gasteiger partial charge in [0.15, 0.2) is 0 Å². The van der Waals surface area contributed by atoms with E-state index in [9.17, 15) is 9.18 Å². The zero-order valence-electron chi connectivity index (χ0n) is 13.2. The van der Waals surface area contributed by atoms with Crippen molar-refractivity contribution in [3.8, 4) is 0 Å². The van der Waals surface area contributed by atoms with Crippen LogP contribution in [0.1, 0.15) is 35.8 Å². The fourth-order valence-corrected chi connectivity index (χ4v) is 2.92. The summed E-state index contributed by atoms with van der Waals surface area (Å²) >= 11 is 0. The number of halogens is 1. The molecule has 1 fully saturated rings. The van der Waals surface area contributed by atoms with Gasteiger partial charge in [-0.25, -0.2) is 14.4 Å². The van der Waals surface area contributed by atoms with E-state index < -0.39 is 0 Å². The highest BCUT2D eigenvalue weighted by Crippen LogP contribution is 2.25. The van der Waals surface area contributed by atoms with Crippen LogP contribution in [0.25, 0.3) is 0 Å². The van der Waals surface area contributed by atoms with Gasteiger partial charge in [0.2, 0.25) is 5.91 Å². The molecule has 1 aliphatic heterocycles. The van der Waals surface area contributed by atoms with E-state index in [0.29, 0.717) is 19.4 Å². The van der Waals surface area contributed by atoms with Crippen molar-refractivity contribution in [1.82, 2.24) is 14.9 Å². The fourth-order valence-electron chi connectivity index (χ4n) is 2.92. The molecule has 0 unspecified atom stereocenters. The monoisotopic (exact) mass is 313 g/mol. The summed E-state index contributed by atoms with van der Waals surface area (Å²) in [7, 11) is 0. The third-order valence-electron chi connectivity index (χ3n) is 4.26. The first kappa shape index (κ1) is 15.6. The second-order valence-electron chi connectivity index (χ2n) is 6.01. The van der Waals surface area contributed by atoms with Gasteiger partial charge >= 0.3 is 0 Å². The van der Waals surface area contributed by atoms with Crippen LogP contribution in [0.15, 0.2) is 36.5 Å². The molecule has 1 atom stereocenters. The molecule has 0 spiro atoms. The van der Waals surface area contributed by atoms with Crippen LogP contribution in [-0.4, -0.2) is 33.9 Å². The third kappa shape index (κ3) is 3.92. The van der Waals surface area contributed by atoms with E-state index in [1.165, 1.54) is 12.1 Å². The molecule has 1 amide bonds. The van der Waals surface area contributed by atoms with Gasteiger partial charge in [-0.15, -0.1) is 0 Å². The third-order valence-corrected chi connectivity index (χ3v) is 4.26. The van der Waals surface area contributed by atoms with Crippen molar-refractivity contribution in [2.24, 2.45) is 0 Å². The molecule has 1 saturated heterocycles. The number of benzene rings is 1. The number of carbonyl (C=O) groups is 1. The second-order valence-corrected chi connectivity index (χ2v) is 6.01. The van der Waals surface area contributed by atoms with E-state index in [1.54, 1.807) is 18.3 Å². The standard InChI is InChI=1S/C18H20FN3O/c1-13-8-10-20-18(21-13)15-9-11-22(12-15)17(23)7-4-14-2-5-16(19)6-3-14/h2-3,5-6,8,10,15H,4,7,9,11-12H2,1H3/t15-/m1/s1. The number of amides is 1. The van der Waals surface area contributed by atoms with Gasteiger partial charge in [0, 0.05) is 37.3 Å². The van der Waals surface area contributed by atoms with E-state index >= 15 is 0 Å². The Kier molecular flexibility index (Phi) is 4.65. The van der Waals surface area contributed by atoms with Crippen molar-refractivity contribution in [2.75, 3.05) is 13.1 Å². The van der Waals surface area contributed by atoms with Crippen LogP contribution >= 0.6 is 0 Å². The average Bonchev–Trinajstić information content (AvgIpc) is 3.04. The van der Waals surface area contributed by atoms with Gasteiger partial charge in [0.1, 0.15) is 11.6 Å². The van der Waals surface area contributed by atoms with Crippen molar-refractivity contribution in [3.05, 3.63) is 59.4 Å². The minimum Gasteiger partial charge on any atom is -0.342 e. The quantitative estimate of drug-likeness (QED) is 0.872. The Morgan fingerprint density at radius 1 is 1.30 bits per heavy atom. The van der Waals surface area contributed by atoms with Gasteiger partial charge in [-0.1, -0.05) is 12.1 Å². The normalized spacial score (nSPS) is 17.5. The molecule has 0 N–H and O–H groups in total. The number of carbonyl (C=O) groups excluding carboxylic acids is 1. The Bertz CT molecular complexity index is 687. The van der Waals surface area contributed by atoms with E-state index in [0.717, 1.165) is 30.0 Å². The first-order valence-electron chi connectivity index (χ1n) is 7.93. The van der Waals surface area contributed by atoms with Crippen molar-refractivity contribution in [1.29, 1.82) is 0 Å². The van der Waals surface area contributed by atoms with E-state index in [1.807, 2.05) is 17.9 Å². The molecular formula is C18H20FN3O. The summed E-state index contributed by atoms with van der Waals surface area (Å²) in [6.45, 7) is 3.39. The molecule has 3 rings (SSSR count). The summed E-state index contributed by atoms with van der Waals surface area (Å²) in [6, 6.07) is 8.21. The lowest BCUT2D eigenvalue weighted by Gasteiger charge is -2.16. The Hall–Kier alpha value is -2.30. The summed E-state index contributed by atoms with van der Waals surface area (Å²) < 4.78 is 12.9. The molecular weight excluding hydrogens is 293 g/mol. The largest absolute Gasteiger partial charge is 0.342 e. The van der Waals surface area contributed by atoms with Gasteiger partial charge in [-0.2, -0.15) is 0 Å². The maximum absolute atomic E-state index is 12.9. The van der Waals surface area contributed by atoms with Crippen LogP contribution in [0.4, 0.5) is 4.39 Å². The van der Waals surface area contributed by atoms with Crippen molar-refractivity contribution in [2.45, 2.75) is 32.1 Å². The Labute approximate surface area is 135 Å². The number of aryl methyl sites for hydroxylation is 2. The second kappa shape index (κ2) is 6.86. The summed E-state index contributed by atoms with van der Waals surface area (Å²) in [4.78, 5) is 23.0. The van der Waals surface area contributed by atoms with Crippen molar-refractivity contribution < 1.29 is 9.18 Å². The highest BCUT2D eigenvalue weighted by molar-refractivity contribution is 5.76. The molecule has 1 aromatic heterocycles. The van der Waals surface area contributed by atoms with Crippen LogP contribution in [0.2, 0.25) is 0 Å². The summed E-state index contributed by atoms with van der Waals surface area (Å²) in [6.07, 6.45) is 3.77. The van der Waals surface area contributed by atoms with Gasteiger partial charge < -0.3 is 4.90 Å². The Morgan fingerprint density at radius 3 is 2.83 bits per heavy atom.